The maximum absolute atomic E-state index is 12.6. The van der Waals surface area contributed by atoms with E-state index in [1.807, 2.05) is 24.3 Å². The van der Waals surface area contributed by atoms with Gasteiger partial charge in [0.25, 0.3) is 5.91 Å². The minimum Gasteiger partial charge on any atom is -0.481 e. The molecule has 1 heterocycles. The highest BCUT2D eigenvalue weighted by molar-refractivity contribution is 5.84. The first-order valence-corrected chi connectivity index (χ1v) is 11.3. The average Bonchev–Trinajstić information content (AvgIpc) is 3.36. The van der Waals surface area contributed by atoms with E-state index in [-0.39, 0.29) is 24.5 Å². The number of carbonyl (C=O) groups is 3. The molecule has 5 rings (SSSR count). The van der Waals surface area contributed by atoms with Crippen molar-refractivity contribution in [3.05, 3.63) is 59.7 Å². The zero-order chi connectivity index (χ0) is 22.9. The number of rotatable bonds is 6. The van der Waals surface area contributed by atoms with E-state index >= 15 is 0 Å². The lowest BCUT2D eigenvalue weighted by molar-refractivity contribution is -0.147. The third-order valence-corrected chi connectivity index (χ3v) is 6.83. The molecule has 2 aliphatic carbocycles. The number of ether oxygens (including phenoxy) is 2. The predicted molar refractivity (Wildman–Crippen MR) is 119 cm³/mol. The van der Waals surface area contributed by atoms with Gasteiger partial charge in [-0.05, 0) is 41.5 Å². The fraction of sp³-hybridized carbons (Fsp3) is 0.400. The fourth-order valence-corrected chi connectivity index (χ4v) is 5.01. The minimum atomic E-state index is -0.840. The quantitative estimate of drug-likeness (QED) is 0.624. The van der Waals surface area contributed by atoms with Crippen LogP contribution in [0, 0.1) is 5.92 Å². The molecule has 2 unspecified atom stereocenters. The molecule has 0 radical (unpaired) electrons. The van der Waals surface area contributed by atoms with Crippen molar-refractivity contribution >= 4 is 18.0 Å². The maximum atomic E-state index is 12.6. The number of hydrogen-bond acceptors (Lipinski definition) is 5. The summed E-state index contributed by atoms with van der Waals surface area (Å²) >= 11 is 0. The van der Waals surface area contributed by atoms with Gasteiger partial charge in [0.1, 0.15) is 6.61 Å². The van der Waals surface area contributed by atoms with Crippen LogP contribution in [0.2, 0.25) is 0 Å². The van der Waals surface area contributed by atoms with E-state index in [4.69, 9.17) is 14.6 Å². The van der Waals surface area contributed by atoms with Gasteiger partial charge in [-0.15, -0.1) is 0 Å². The highest BCUT2D eigenvalue weighted by Gasteiger charge is 2.40. The van der Waals surface area contributed by atoms with Crippen LogP contribution >= 0.6 is 0 Å². The molecular formula is C25H26N2O6. The van der Waals surface area contributed by atoms with Crippen LogP contribution in [0.25, 0.3) is 11.1 Å². The molecule has 3 N–H and O–H groups in total. The van der Waals surface area contributed by atoms with E-state index in [2.05, 4.69) is 34.9 Å². The number of carbonyl (C=O) groups excluding carboxylic acids is 2. The van der Waals surface area contributed by atoms with Crippen LogP contribution in [-0.4, -0.2) is 54.5 Å². The van der Waals surface area contributed by atoms with Crippen LogP contribution in [-0.2, 0) is 19.1 Å². The molecule has 2 fully saturated rings. The second-order valence-corrected chi connectivity index (χ2v) is 8.87. The highest BCUT2D eigenvalue weighted by atomic mass is 16.6. The Kier molecular flexibility index (Phi) is 5.76. The number of hydrogen-bond donors (Lipinski definition) is 3. The average molecular weight is 450 g/mol. The molecule has 0 aromatic heterocycles. The first-order chi connectivity index (χ1) is 16.0. The molecule has 2 atom stereocenters. The van der Waals surface area contributed by atoms with Crippen LogP contribution in [0.15, 0.2) is 48.5 Å². The van der Waals surface area contributed by atoms with E-state index < -0.39 is 30.1 Å². The molecule has 1 saturated heterocycles. The van der Waals surface area contributed by atoms with Crippen molar-refractivity contribution in [1.29, 1.82) is 0 Å². The van der Waals surface area contributed by atoms with Gasteiger partial charge in [-0.25, -0.2) is 4.79 Å². The summed E-state index contributed by atoms with van der Waals surface area (Å²) in [5.74, 6) is -1.62. The summed E-state index contributed by atoms with van der Waals surface area (Å²) in [6, 6.07) is 15.6. The Morgan fingerprint density at radius 1 is 0.970 bits per heavy atom. The van der Waals surface area contributed by atoms with Gasteiger partial charge in [-0.2, -0.15) is 0 Å². The molecule has 172 valence electrons. The molecule has 2 aromatic rings. The van der Waals surface area contributed by atoms with Gasteiger partial charge in [0.05, 0.1) is 12.0 Å². The highest BCUT2D eigenvalue weighted by Crippen LogP contribution is 2.44. The van der Waals surface area contributed by atoms with Crippen molar-refractivity contribution in [3.63, 3.8) is 0 Å². The molecular weight excluding hydrogens is 424 g/mol. The smallest absolute Gasteiger partial charge is 0.407 e. The van der Waals surface area contributed by atoms with Crippen LogP contribution < -0.4 is 10.6 Å². The number of alkyl carbamates (subject to hydrolysis) is 1. The minimum absolute atomic E-state index is 0.0390. The molecule has 1 aliphatic heterocycles. The first kappa shape index (κ1) is 21.5. The Balaban J connectivity index is 1.16. The summed E-state index contributed by atoms with van der Waals surface area (Å²) < 4.78 is 11.1. The summed E-state index contributed by atoms with van der Waals surface area (Å²) in [5, 5.41) is 14.6. The first-order valence-electron chi connectivity index (χ1n) is 11.3. The van der Waals surface area contributed by atoms with E-state index in [1.54, 1.807) is 0 Å². The molecule has 8 heteroatoms. The molecule has 2 aromatic carbocycles. The lowest BCUT2D eigenvalue weighted by Crippen LogP contribution is -2.54. The predicted octanol–water partition coefficient (Wildman–Crippen LogP) is 2.66. The zero-order valence-electron chi connectivity index (χ0n) is 18.0. The number of carboxylic acid groups (broad SMARTS) is 1. The standard InChI is InChI=1S/C25H26N2O6/c28-23(26-15-11-14(12-15)24(29)30)22-21(9-10-32-22)27-25(31)33-13-20-18-7-3-1-5-16(18)17-6-2-4-8-19(17)20/h1-8,14-15,20-22H,9-13H2,(H,26,28)(H,27,31)(H,29,30). The van der Waals surface area contributed by atoms with Gasteiger partial charge in [0.15, 0.2) is 6.10 Å². The van der Waals surface area contributed by atoms with Gasteiger partial charge in [0.2, 0.25) is 0 Å². The number of benzene rings is 2. The van der Waals surface area contributed by atoms with E-state index in [0.717, 1.165) is 22.3 Å². The lowest BCUT2D eigenvalue weighted by atomic mass is 9.80. The van der Waals surface area contributed by atoms with Crippen molar-refractivity contribution in [2.75, 3.05) is 13.2 Å². The summed E-state index contributed by atoms with van der Waals surface area (Å²) in [7, 11) is 0. The molecule has 1 saturated carbocycles. The monoisotopic (exact) mass is 450 g/mol. The van der Waals surface area contributed by atoms with E-state index in [9.17, 15) is 14.4 Å². The Hall–Kier alpha value is -3.39. The fourth-order valence-electron chi connectivity index (χ4n) is 5.01. The van der Waals surface area contributed by atoms with Crippen molar-refractivity contribution < 1.29 is 29.0 Å². The molecule has 3 aliphatic rings. The van der Waals surface area contributed by atoms with E-state index in [1.165, 1.54) is 0 Å². The summed E-state index contributed by atoms with van der Waals surface area (Å²) in [6.45, 7) is 0.553. The van der Waals surface area contributed by atoms with E-state index in [0.29, 0.717) is 25.9 Å². The Morgan fingerprint density at radius 3 is 2.24 bits per heavy atom. The lowest BCUT2D eigenvalue weighted by Gasteiger charge is -2.34. The van der Waals surface area contributed by atoms with Crippen LogP contribution in [0.4, 0.5) is 4.79 Å². The number of amides is 2. The van der Waals surface area contributed by atoms with Crippen molar-refractivity contribution in [3.8, 4) is 11.1 Å². The van der Waals surface area contributed by atoms with Gasteiger partial charge >= 0.3 is 12.1 Å². The zero-order valence-corrected chi connectivity index (χ0v) is 18.0. The van der Waals surface area contributed by atoms with Crippen LogP contribution in [0.5, 0.6) is 0 Å². The molecule has 33 heavy (non-hydrogen) atoms. The van der Waals surface area contributed by atoms with Gasteiger partial charge in [0, 0.05) is 18.6 Å². The number of aliphatic carboxylic acids is 1. The third kappa shape index (κ3) is 4.18. The van der Waals surface area contributed by atoms with Gasteiger partial charge in [-0.3, -0.25) is 9.59 Å². The number of fused-ring (bicyclic) bond motifs is 3. The summed E-state index contributed by atoms with van der Waals surface area (Å²) in [5.41, 5.74) is 4.58. The largest absolute Gasteiger partial charge is 0.481 e. The second-order valence-electron chi connectivity index (χ2n) is 8.87. The van der Waals surface area contributed by atoms with Gasteiger partial charge in [-0.1, -0.05) is 48.5 Å². The molecule has 0 spiro atoms. The van der Waals surface area contributed by atoms with Crippen molar-refractivity contribution in [1.82, 2.24) is 10.6 Å². The Morgan fingerprint density at radius 2 is 1.61 bits per heavy atom. The SMILES string of the molecule is O=C(NC1CCOC1C(=O)NC1CC(C(=O)O)C1)OCC1c2ccccc2-c2ccccc21. The normalized spacial score (nSPS) is 25.5. The second kappa shape index (κ2) is 8.86. The maximum Gasteiger partial charge on any atom is 0.407 e. The van der Waals surface area contributed by atoms with Crippen LogP contribution in [0.3, 0.4) is 0 Å². The van der Waals surface area contributed by atoms with Crippen LogP contribution in [0.1, 0.15) is 36.3 Å². The summed E-state index contributed by atoms with van der Waals surface area (Å²) in [4.78, 5) is 36.1. The number of nitrogens with one attached hydrogen (secondary N) is 2. The molecule has 8 nitrogen and oxygen atoms in total. The van der Waals surface area contributed by atoms with Crippen molar-refractivity contribution in [2.45, 2.75) is 43.4 Å². The number of carboxylic acids is 1. The molecule has 2 amide bonds. The van der Waals surface area contributed by atoms with Crippen molar-refractivity contribution in [2.24, 2.45) is 5.92 Å². The summed E-state index contributed by atoms with van der Waals surface area (Å²) in [6.07, 6.45) is -0.0598. The third-order valence-electron chi connectivity index (χ3n) is 6.83. The van der Waals surface area contributed by atoms with Gasteiger partial charge < -0.3 is 25.2 Å². The topological polar surface area (TPSA) is 114 Å². The molecule has 0 bridgehead atoms. The Labute approximate surface area is 191 Å². The Bertz CT molecular complexity index is 1030.